The molecule has 2 amide bonds. The second kappa shape index (κ2) is 5.95. The van der Waals surface area contributed by atoms with Gasteiger partial charge in [0.05, 0.1) is 0 Å². The van der Waals surface area contributed by atoms with Gasteiger partial charge < -0.3 is 15.3 Å². The van der Waals surface area contributed by atoms with Gasteiger partial charge >= 0.3 is 0 Å². The first-order valence-corrected chi connectivity index (χ1v) is 8.41. The van der Waals surface area contributed by atoms with Crippen LogP contribution in [0.2, 0.25) is 0 Å². The smallest absolute Gasteiger partial charge is 0.252 e. The molecular formula is C16H26N2O3. The largest absolute Gasteiger partial charge is 0.380 e. The minimum Gasteiger partial charge on any atom is -0.380 e. The third-order valence-electron chi connectivity index (χ3n) is 5.39. The highest BCUT2D eigenvalue weighted by Crippen LogP contribution is 2.30. The molecule has 1 heterocycles. The van der Waals surface area contributed by atoms with Gasteiger partial charge in [0.1, 0.15) is 5.60 Å². The molecule has 2 saturated carbocycles. The summed E-state index contributed by atoms with van der Waals surface area (Å²) in [4.78, 5) is 26.5. The van der Waals surface area contributed by atoms with E-state index in [9.17, 15) is 14.7 Å². The molecule has 1 atom stereocenters. The van der Waals surface area contributed by atoms with Crippen molar-refractivity contribution in [3.63, 3.8) is 0 Å². The summed E-state index contributed by atoms with van der Waals surface area (Å²) in [5, 5.41) is 13.2. The van der Waals surface area contributed by atoms with Crippen LogP contribution in [-0.4, -0.2) is 46.6 Å². The van der Waals surface area contributed by atoms with Crippen LogP contribution in [0.1, 0.15) is 57.8 Å². The van der Waals surface area contributed by atoms with Crippen LogP contribution < -0.4 is 5.32 Å². The van der Waals surface area contributed by atoms with Crippen molar-refractivity contribution in [2.75, 3.05) is 13.1 Å². The summed E-state index contributed by atoms with van der Waals surface area (Å²) >= 11 is 0. The first-order valence-electron chi connectivity index (χ1n) is 8.41. The van der Waals surface area contributed by atoms with Gasteiger partial charge in [-0.2, -0.15) is 0 Å². The number of hydrogen-bond acceptors (Lipinski definition) is 3. The van der Waals surface area contributed by atoms with Crippen molar-refractivity contribution in [3.05, 3.63) is 0 Å². The maximum Gasteiger partial charge on any atom is 0.252 e. The first-order chi connectivity index (χ1) is 10.1. The van der Waals surface area contributed by atoms with E-state index in [2.05, 4.69) is 5.32 Å². The van der Waals surface area contributed by atoms with Gasteiger partial charge in [-0.25, -0.2) is 0 Å². The van der Waals surface area contributed by atoms with Gasteiger partial charge in [-0.3, -0.25) is 9.59 Å². The number of likely N-dealkylation sites (tertiary alicyclic amines) is 1. The van der Waals surface area contributed by atoms with Crippen molar-refractivity contribution in [2.45, 2.75) is 69.4 Å². The molecule has 5 nitrogen and oxygen atoms in total. The fourth-order valence-corrected chi connectivity index (χ4v) is 4.02. The van der Waals surface area contributed by atoms with Crippen molar-refractivity contribution in [3.8, 4) is 0 Å². The van der Waals surface area contributed by atoms with Crippen LogP contribution in [0.4, 0.5) is 0 Å². The molecule has 0 radical (unpaired) electrons. The van der Waals surface area contributed by atoms with E-state index in [4.69, 9.17) is 0 Å². The molecule has 1 aliphatic heterocycles. The molecule has 3 fully saturated rings. The third-order valence-corrected chi connectivity index (χ3v) is 5.39. The van der Waals surface area contributed by atoms with Crippen molar-refractivity contribution in [1.29, 1.82) is 0 Å². The predicted octanol–water partition coefficient (Wildman–Crippen LogP) is 1.20. The molecule has 2 N–H and O–H groups in total. The molecule has 1 unspecified atom stereocenters. The highest BCUT2D eigenvalue weighted by Gasteiger charge is 2.41. The van der Waals surface area contributed by atoms with Crippen LogP contribution in [0.3, 0.4) is 0 Å². The lowest BCUT2D eigenvalue weighted by molar-refractivity contribution is -0.140. The van der Waals surface area contributed by atoms with Crippen molar-refractivity contribution in [1.82, 2.24) is 10.2 Å². The Morgan fingerprint density at radius 1 is 1.05 bits per heavy atom. The van der Waals surface area contributed by atoms with Crippen molar-refractivity contribution in [2.24, 2.45) is 5.92 Å². The minimum absolute atomic E-state index is 0.00692. The minimum atomic E-state index is -1.16. The molecule has 118 valence electrons. The molecule has 0 aromatic rings. The van der Waals surface area contributed by atoms with Crippen LogP contribution in [0.15, 0.2) is 0 Å². The van der Waals surface area contributed by atoms with E-state index in [1.165, 1.54) is 0 Å². The van der Waals surface area contributed by atoms with Crippen molar-refractivity contribution < 1.29 is 14.7 Å². The van der Waals surface area contributed by atoms with Gasteiger partial charge in [-0.15, -0.1) is 0 Å². The summed E-state index contributed by atoms with van der Waals surface area (Å²) < 4.78 is 0. The van der Waals surface area contributed by atoms with E-state index < -0.39 is 5.60 Å². The molecule has 3 aliphatic rings. The lowest BCUT2D eigenvalue weighted by Crippen LogP contribution is -2.49. The monoisotopic (exact) mass is 294 g/mol. The average Bonchev–Trinajstić information content (AvgIpc) is 3.19. The summed E-state index contributed by atoms with van der Waals surface area (Å²) in [6, 6.07) is 0.00692. The van der Waals surface area contributed by atoms with Gasteiger partial charge in [-0.05, 0) is 44.9 Å². The van der Waals surface area contributed by atoms with Crippen molar-refractivity contribution >= 4 is 11.8 Å². The Bertz CT molecular complexity index is 412. The number of carbonyl (C=O) groups excluding carboxylic acids is 2. The second-order valence-electron chi connectivity index (χ2n) is 6.96. The lowest BCUT2D eigenvalue weighted by atomic mass is 10.0. The zero-order valence-corrected chi connectivity index (χ0v) is 12.6. The molecule has 5 heteroatoms. The standard InChI is InChI=1S/C16H26N2O3/c19-14(12-5-1-2-6-12)18-10-7-13(11-18)17-15(20)16(21)8-3-4-9-16/h12-13,21H,1-11H2,(H,17,20). The Balaban J connectivity index is 1.50. The Kier molecular flexibility index (Phi) is 4.20. The SMILES string of the molecule is O=C(C1CCCC1)N1CCC(NC(=O)C2(O)CCCC2)C1. The predicted molar refractivity (Wildman–Crippen MR) is 78.5 cm³/mol. The Labute approximate surface area is 126 Å². The molecular weight excluding hydrogens is 268 g/mol. The van der Waals surface area contributed by atoms with Gasteiger partial charge in [0, 0.05) is 25.0 Å². The molecule has 0 aromatic carbocycles. The molecule has 0 spiro atoms. The summed E-state index contributed by atoms with van der Waals surface area (Å²) in [7, 11) is 0. The summed E-state index contributed by atoms with van der Waals surface area (Å²) in [6.07, 6.45) is 8.14. The number of aliphatic hydroxyl groups is 1. The molecule has 0 bridgehead atoms. The molecule has 2 aliphatic carbocycles. The Morgan fingerprint density at radius 3 is 2.38 bits per heavy atom. The Morgan fingerprint density at radius 2 is 1.71 bits per heavy atom. The number of rotatable bonds is 3. The zero-order valence-electron chi connectivity index (χ0n) is 12.6. The van der Waals surface area contributed by atoms with Gasteiger partial charge in [-0.1, -0.05) is 12.8 Å². The molecule has 3 rings (SSSR count). The fraction of sp³-hybridized carbons (Fsp3) is 0.875. The van der Waals surface area contributed by atoms with E-state index in [1.54, 1.807) is 0 Å². The normalized spacial score (nSPS) is 29.0. The van der Waals surface area contributed by atoms with E-state index in [1.807, 2.05) is 4.90 Å². The first kappa shape index (κ1) is 14.8. The highest BCUT2D eigenvalue weighted by molar-refractivity contribution is 5.85. The van der Waals surface area contributed by atoms with Crippen LogP contribution in [-0.2, 0) is 9.59 Å². The van der Waals surface area contributed by atoms with Gasteiger partial charge in [0.25, 0.3) is 5.91 Å². The molecule has 0 aromatic heterocycles. The molecule has 1 saturated heterocycles. The van der Waals surface area contributed by atoms with Crippen LogP contribution >= 0.6 is 0 Å². The van der Waals surface area contributed by atoms with Crippen LogP contribution in [0, 0.1) is 5.92 Å². The van der Waals surface area contributed by atoms with Crippen LogP contribution in [0.25, 0.3) is 0 Å². The van der Waals surface area contributed by atoms with E-state index in [-0.39, 0.29) is 23.8 Å². The third kappa shape index (κ3) is 3.07. The topological polar surface area (TPSA) is 69.6 Å². The highest BCUT2D eigenvalue weighted by atomic mass is 16.3. The number of hydrogen-bond donors (Lipinski definition) is 2. The summed E-state index contributed by atoms with van der Waals surface area (Å²) in [5.41, 5.74) is -1.16. The average molecular weight is 294 g/mol. The van der Waals surface area contributed by atoms with Crippen LogP contribution in [0.5, 0.6) is 0 Å². The maximum absolute atomic E-state index is 12.4. The Hall–Kier alpha value is -1.10. The fourth-order valence-electron chi connectivity index (χ4n) is 4.02. The number of nitrogens with zero attached hydrogens (tertiary/aromatic N) is 1. The summed E-state index contributed by atoms with van der Waals surface area (Å²) in [6.45, 7) is 1.34. The number of carbonyl (C=O) groups is 2. The zero-order chi connectivity index (χ0) is 14.9. The van der Waals surface area contributed by atoms with E-state index in [0.29, 0.717) is 19.4 Å². The maximum atomic E-state index is 12.4. The van der Waals surface area contributed by atoms with E-state index in [0.717, 1.165) is 51.5 Å². The summed E-state index contributed by atoms with van der Waals surface area (Å²) in [5.74, 6) is 0.238. The van der Waals surface area contributed by atoms with E-state index >= 15 is 0 Å². The number of nitrogens with one attached hydrogen (secondary N) is 1. The lowest BCUT2D eigenvalue weighted by Gasteiger charge is -2.24. The quantitative estimate of drug-likeness (QED) is 0.821. The van der Waals surface area contributed by atoms with Gasteiger partial charge in [0.2, 0.25) is 5.91 Å². The second-order valence-corrected chi connectivity index (χ2v) is 6.96. The molecule has 21 heavy (non-hydrogen) atoms. The number of amides is 2. The van der Waals surface area contributed by atoms with Gasteiger partial charge in [0.15, 0.2) is 0 Å².